The van der Waals surface area contributed by atoms with E-state index in [1.807, 2.05) is 42.5 Å². The second kappa shape index (κ2) is 7.84. The summed E-state index contributed by atoms with van der Waals surface area (Å²) < 4.78 is 11.7. The van der Waals surface area contributed by atoms with Gasteiger partial charge in [-0.25, -0.2) is 4.79 Å². The second-order valence-corrected chi connectivity index (χ2v) is 7.68. The number of hydrogen-bond acceptors (Lipinski definition) is 4. The maximum atomic E-state index is 12.9. The molecule has 0 saturated heterocycles. The van der Waals surface area contributed by atoms with Gasteiger partial charge >= 0.3 is 6.09 Å². The third-order valence-corrected chi connectivity index (χ3v) is 5.96. The molecule has 1 amide bonds. The van der Waals surface area contributed by atoms with E-state index >= 15 is 0 Å². The summed E-state index contributed by atoms with van der Waals surface area (Å²) in [5.41, 5.74) is 12.6. The average molecular weight is 400 g/mol. The summed E-state index contributed by atoms with van der Waals surface area (Å²) in [5, 5.41) is 0. The van der Waals surface area contributed by atoms with Gasteiger partial charge in [-0.1, -0.05) is 66.7 Å². The minimum absolute atomic E-state index is 0.0562. The highest BCUT2D eigenvalue weighted by Gasteiger charge is 2.30. The van der Waals surface area contributed by atoms with Crippen molar-refractivity contribution in [3.8, 4) is 16.9 Å². The standard InChI is InChI=1S/C25H24N2O3/c26-14-17-6-5-7-18-15-27(12-13-29-24(17)18)25(28)30-16-23-21-10-3-1-8-19(21)20-9-2-4-11-22(20)23/h1-11,23H,12-16,26H2. The molecule has 0 atom stereocenters. The van der Waals surface area contributed by atoms with Crippen LogP contribution in [-0.2, 0) is 17.8 Å². The molecule has 5 heteroatoms. The first-order valence-electron chi connectivity index (χ1n) is 10.3. The Bertz CT molecular complexity index is 1050. The van der Waals surface area contributed by atoms with E-state index in [-0.39, 0.29) is 12.0 Å². The topological polar surface area (TPSA) is 64.8 Å². The Labute approximate surface area is 176 Å². The number of ether oxygens (including phenoxy) is 2. The van der Waals surface area contributed by atoms with Crippen molar-refractivity contribution in [3.63, 3.8) is 0 Å². The number of carbonyl (C=O) groups is 1. The lowest BCUT2D eigenvalue weighted by molar-refractivity contribution is 0.0947. The minimum atomic E-state index is -0.313. The molecule has 2 aliphatic rings. The highest BCUT2D eigenvalue weighted by Crippen LogP contribution is 2.44. The summed E-state index contributed by atoms with van der Waals surface area (Å²) >= 11 is 0. The molecule has 152 valence electrons. The number of nitrogens with two attached hydrogens (primary N) is 1. The monoisotopic (exact) mass is 400 g/mol. The average Bonchev–Trinajstić information content (AvgIpc) is 2.94. The summed E-state index contributed by atoms with van der Waals surface area (Å²) in [5.74, 6) is 0.856. The fourth-order valence-electron chi connectivity index (χ4n) is 4.49. The van der Waals surface area contributed by atoms with Crippen LogP contribution in [0.1, 0.15) is 28.2 Å². The summed E-state index contributed by atoms with van der Waals surface area (Å²) in [4.78, 5) is 14.6. The SMILES string of the molecule is NCc1cccc2c1OCCN(C(=O)OCC1c3ccccc3-c3ccccc31)C2. The predicted molar refractivity (Wildman–Crippen MR) is 115 cm³/mol. The molecule has 0 unspecified atom stereocenters. The number of para-hydroxylation sites is 1. The summed E-state index contributed by atoms with van der Waals surface area (Å²) in [7, 11) is 0. The van der Waals surface area contributed by atoms with E-state index in [0.717, 1.165) is 16.9 Å². The van der Waals surface area contributed by atoms with Crippen molar-refractivity contribution in [2.24, 2.45) is 5.73 Å². The maximum absolute atomic E-state index is 12.9. The van der Waals surface area contributed by atoms with E-state index in [4.69, 9.17) is 15.2 Å². The Hall–Kier alpha value is -3.31. The quantitative estimate of drug-likeness (QED) is 0.712. The van der Waals surface area contributed by atoms with E-state index in [9.17, 15) is 4.79 Å². The highest BCUT2D eigenvalue weighted by atomic mass is 16.6. The molecule has 3 aromatic carbocycles. The number of rotatable bonds is 3. The molecule has 0 fully saturated rings. The van der Waals surface area contributed by atoms with E-state index in [1.54, 1.807) is 4.90 Å². The largest absolute Gasteiger partial charge is 0.491 e. The molecule has 2 N–H and O–H groups in total. The van der Waals surface area contributed by atoms with Crippen LogP contribution in [0.4, 0.5) is 4.79 Å². The number of carbonyl (C=O) groups excluding carboxylic acids is 1. The van der Waals surface area contributed by atoms with Gasteiger partial charge in [-0.05, 0) is 22.3 Å². The van der Waals surface area contributed by atoms with Gasteiger partial charge in [0.15, 0.2) is 0 Å². The van der Waals surface area contributed by atoms with Crippen molar-refractivity contribution < 1.29 is 14.3 Å². The number of benzene rings is 3. The zero-order valence-electron chi connectivity index (χ0n) is 16.7. The predicted octanol–water partition coefficient (Wildman–Crippen LogP) is 4.29. The molecule has 3 aromatic rings. The fourth-order valence-corrected chi connectivity index (χ4v) is 4.49. The molecular weight excluding hydrogens is 376 g/mol. The van der Waals surface area contributed by atoms with Crippen LogP contribution < -0.4 is 10.5 Å². The summed E-state index contributed by atoms with van der Waals surface area (Å²) in [6, 6.07) is 22.6. The Morgan fingerprint density at radius 2 is 1.70 bits per heavy atom. The number of hydrogen-bond donors (Lipinski definition) is 1. The van der Waals surface area contributed by atoms with E-state index in [0.29, 0.717) is 32.8 Å². The normalized spacial score (nSPS) is 14.9. The van der Waals surface area contributed by atoms with Crippen LogP contribution in [0.5, 0.6) is 5.75 Å². The lowest BCUT2D eigenvalue weighted by Gasteiger charge is -2.21. The van der Waals surface area contributed by atoms with Crippen molar-refractivity contribution in [2.75, 3.05) is 19.8 Å². The highest BCUT2D eigenvalue weighted by molar-refractivity contribution is 5.79. The van der Waals surface area contributed by atoms with Crippen molar-refractivity contribution in [1.82, 2.24) is 4.90 Å². The van der Waals surface area contributed by atoms with Gasteiger partial charge in [0.25, 0.3) is 0 Å². The fraction of sp³-hybridized carbons (Fsp3) is 0.240. The van der Waals surface area contributed by atoms with Crippen LogP contribution >= 0.6 is 0 Å². The first-order valence-corrected chi connectivity index (χ1v) is 10.3. The van der Waals surface area contributed by atoms with Crippen molar-refractivity contribution in [3.05, 3.63) is 89.0 Å². The minimum Gasteiger partial charge on any atom is -0.491 e. The molecule has 1 aliphatic carbocycles. The first kappa shape index (κ1) is 18.7. The molecule has 30 heavy (non-hydrogen) atoms. The molecule has 1 aliphatic heterocycles. The lowest BCUT2D eigenvalue weighted by atomic mass is 9.98. The molecular formula is C25H24N2O3. The Balaban J connectivity index is 1.33. The van der Waals surface area contributed by atoms with Gasteiger partial charge in [-0.2, -0.15) is 0 Å². The first-order chi connectivity index (χ1) is 14.8. The van der Waals surface area contributed by atoms with Gasteiger partial charge < -0.3 is 20.1 Å². The zero-order chi connectivity index (χ0) is 20.5. The summed E-state index contributed by atoms with van der Waals surface area (Å²) in [6.45, 7) is 2.09. The molecule has 5 rings (SSSR count). The van der Waals surface area contributed by atoms with E-state index in [2.05, 4.69) is 24.3 Å². The van der Waals surface area contributed by atoms with Gasteiger partial charge in [0.05, 0.1) is 13.1 Å². The van der Waals surface area contributed by atoms with Crippen LogP contribution in [0, 0.1) is 0 Å². The number of nitrogens with zero attached hydrogens (tertiary/aromatic N) is 1. The van der Waals surface area contributed by atoms with Crippen LogP contribution in [0.25, 0.3) is 11.1 Å². The van der Waals surface area contributed by atoms with Gasteiger partial charge in [0.2, 0.25) is 0 Å². The smallest absolute Gasteiger partial charge is 0.410 e. The van der Waals surface area contributed by atoms with Gasteiger partial charge in [-0.15, -0.1) is 0 Å². The second-order valence-electron chi connectivity index (χ2n) is 7.68. The maximum Gasteiger partial charge on any atom is 0.410 e. The lowest BCUT2D eigenvalue weighted by Crippen LogP contribution is -2.33. The molecule has 5 nitrogen and oxygen atoms in total. The molecule has 1 heterocycles. The van der Waals surface area contributed by atoms with Gasteiger partial charge in [0, 0.05) is 23.6 Å². The Morgan fingerprint density at radius 1 is 1.00 bits per heavy atom. The molecule has 0 radical (unpaired) electrons. The van der Waals surface area contributed by atoms with Crippen molar-refractivity contribution in [1.29, 1.82) is 0 Å². The van der Waals surface area contributed by atoms with E-state index in [1.165, 1.54) is 22.3 Å². The van der Waals surface area contributed by atoms with E-state index < -0.39 is 0 Å². The van der Waals surface area contributed by atoms with Gasteiger partial charge in [-0.3, -0.25) is 0 Å². The molecule has 0 aromatic heterocycles. The molecule has 0 spiro atoms. The summed E-state index contributed by atoms with van der Waals surface area (Å²) in [6.07, 6.45) is -0.313. The van der Waals surface area contributed by atoms with Crippen LogP contribution in [0.3, 0.4) is 0 Å². The zero-order valence-corrected chi connectivity index (χ0v) is 16.7. The Morgan fingerprint density at radius 3 is 2.40 bits per heavy atom. The Kier molecular flexibility index (Phi) is 4.89. The van der Waals surface area contributed by atoms with Crippen molar-refractivity contribution in [2.45, 2.75) is 19.0 Å². The van der Waals surface area contributed by atoms with Crippen LogP contribution in [0.15, 0.2) is 66.7 Å². The van der Waals surface area contributed by atoms with Crippen LogP contribution in [0.2, 0.25) is 0 Å². The molecule has 0 saturated carbocycles. The third kappa shape index (κ3) is 3.21. The number of fused-ring (bicyclic) bond motifs is 4. The van der Waals surface area contributed by atoms with Gasteiger partial charge in [0.1, 0.15) is 19.0 Å². The molecule has 0 bridgehead atoms. The third-order valence-electron chi connectivity index (χ3n) is 5.96. The number of amides is 1. The van der Waals surface area contributed by atoms with Crippen molar-refractivity contribution >= 4 is 6.09 Å². The van der Waals surface area contributed by atoms with Crippen LogP contribution in [-0.4, -0.2) is 30.8 Å².